The highest BCUT2D eigenvalue weighted by Crippen LogP contribution is 2.47. The van der Waals surface area contributed by atoms with Crippen molar-refractivity contribution in [1.29, 1.82) is 0 Å². The van der Waals surface area contributed by atoms with Crippen molar-refractivity contribution < 1.29 is 0 Å². The summed E-state index contributed by atoms with van der Waals surface area (Å²) in [5.41, 5.74) is 9.62. The number of allylic oxidation sites excluding steroid dienone is 3. The van der Waals surface area contributed by atoms with Gasteiger partial charge in [-0.2, -0.15) is 0 Å². The van der Waals surface area contributed by atoms with E-state index < -0.39 is 0 Å². The first-order chi connectivity index (χ1) is 18.3. The zero-order valence-corrected chi connectivity index (χ0v) is 21.0. The molecule has 3 aliphatic rings. The lowest BCUT2D eigenvalue weighted by Gasteiger charge is -2.32. The summed E-state index contributed by atoms with van der Waals surface area (Å²) in [5.74, 6) is 1.63. The Balaban J connectivity index is 1.34. The predicted molar refractivity (Wildman–Crippen MR) is 154 cm³/mol. The maximum absolute atomic E-state index is 5.07. The molecular formula is C34H29N3. The molecule has 37 heavy (non-hydrogen) atoms. The van der Waals surface area contributed by atoms with Crippen LogP contribution in [-0.2, 0) is 6.42 Å². The van der Waals surface area contributed by atoms with Crippen molar-refractivity contribution in [3.8, 4) is 0 Å². The van der Waals surface area contributed by atoms with Crippen molar-refractivity contribution >= 4 is 34.7 Å². The molecule has 3 heteroatoms. The van der Waals surface area contributed by atoms with Crippen LogP contribution in [0.2, 0.25) is 0 Å². The molecule has 3 aromatic carbocycles. The van der Waals surface area contributed by atoms with E-state index in [4.69, 9.17) is 4.98 Å². The molecule has 0 amide bonds. The summed E-state index contributed by atoms with van der Waals surface area (Å²) in [6.07, 6.45) is 18.0. The van der Waals surface area contributed by atoms with Crippen LogP contribution in [-0.4, -0.2) is 16.2 Å². The van der Waals surface area contributed by atoms with Crippen molar-refractivity contribution in [3.05, 3.63) is 125 Å². The fourth-order valence-corrected chi connectivity index (χ4v) is 6.38. The molecule has 0 N–H and O–H groups in total. The van der Waals surface area contributed by atoms with Crippen molar-refractivity contribution in [1.82, 2.24) is 9.97 Å². The summed E-state index contributed by atoms with van der Waals surface area (Å²) in [7, 11) is 0. The average molecular weight is 480 g/mol. The van der Waals surface area contributed by atoms with Crippen LogP contribution in [0, 0.1) is 0 Å². The first kappa shape index (κ1) is 22.1. The molecule has 7 rings (SSSR count). The van der Waals surface area contributed by atoms with Crippen molar-refractivity contribution in [3.63, 3.8) is 0 Å². The van der Waals surface area contributed by atoms with Gasteiger partial charge in [0.1, 0.15) is 5.82 Å². The molecule has 4 aromatic rings. The van der Waals surface area contributed by atoms with Crippen LogP contribution in [0.5, 0.6) is 0 Å². The van der Waals surface area contributed by atoms with Gasteiger partial charge in [-0.1, -0.05) is 85.8 Å². The summed E-state index contributed by atoms with van der Waals surface area (Å²) in [6.45, 7) is 2.37. The van der Waals surface area contributed by atoms with Crippen LogP contribution in [0.3, 0.4) is 0 Å². The zero-order valence-electron chi connectivity index (χ0n) is 21.0. The summed E-state index contributed by atoms with van der Waals surface area (Å²) in [4.78, 5) is 13.9. The Hall–Kier alpha value is -4.11. The van der Waals surface area contributed by atoms with Gasteiger partial charge in [-0.15, -0.1) is 0 Å². The van der Waals surface area contributed by atoms with E-state index >= 15 is 0 Å². The molecule has 1 aromatic heterocycles. The van der Waals surface area contributed by atoms with E-state index in [1.807, 2.05) is 18.6 Å². The minimum atomic E-state index is 0.200. The summed E-state index contributed by atoms with van der Waals surface area (Å²) in [6, 6.07) is 21.9. The quantitative estimate of drug-likeness (QED) is 0.298. The molecular weight excluding hydrogens is 450 g/mol. The maximum Gasteiger partial charge on any atom is 0.135 e. The fraction of sp³-hybridized carbons (Fsp3) is 0.206. The van der Waals surface area contributed by atoms with E-state index in [0.29, 0.717) is 5.92 Å². The van der Waals surface area contributed by atoms with E-state index in [9.17, 15) is 0 Å². The first-order valence-electron chi connectivity index (χ1n) is 13.3. The van der Waals surface area contributed by atoms with Crippen LogP contribution in [0.4, 0.5) is 0 Å². The van der Waals surface area contributed by atoms with Crippen LogP contribution >= 0.6 is 0 Å². The second kappa shape index (κ2) is 9.08. The molecule has 0 fully saturated rings. The van der Waals surface area contributed by atoms with E-state index in [-0.39, 0.29) is 11.8 Å². The van der Waals surface area contributed by atoms with Crippen LogP contribution in [0.25, 0.3) is 28.5 Å². The monoisotopic (exact) mass is 479 g/mol. The fourth-order valence-electron chi connectivity index (χ4n) is 6.38. The minimum absolute atomic E-state index is 0.200. The Morgan fingerprint density at radius 1 is 0.838 bits per heavy atom. The molecule has 1 aliphatic heterocycles. The number of rotatable bonds is 3. The summed E-state index contributed by atoms with van der Waals surface area (Å²) in [5, 5.41) is 2.73. The lowest BCUT2D eigenvalue weighted by molar-refractivity contribution is 0.642. The van der Waals surface area contributed by atoms with Gasteiger partial charge in [-0.25, -0.2) is 9.97 Å². The molecule has 2 aliphatic carbocycles. The van der Waals surface area contributed by atoms with Gasteiger partial charge >= 0.3 is 0 Å². The Bertz CT molecular complexity index is 1620. The van der Waals surface area contributed by atoms with Gasteiger partial charge in [0.05, 0.1) is 5.69 Å². The topological polar surface area (TPSA) is 38.1 Å². The largest absolute Gasteiger partial charge is 0.269 e. The van der Waals surface area contributed by atoms with E-state index in [2.05, 4.69) is 102 Å². The normalized spacial score (nSPS) is 22.0. The SMILES string of the molecule is CC1c2c(c3c(c4ccccc24)C=C(c2ccccc2)CC3)C=CC1c1ccnc(C2C=CN=CC2)n1. The minimum Gasteiger partial charge on any atom is -0.269 e. The Labute approximate surface area is 218 Å². The molecule has 0 spiro atoms. The molecule has 0 saturated heterocycles. The van der Waals surface area contributed by atoms with Gasteiger partial charge in [0, 0.05) is 30.4 Å². The van der Waals surface area contributed by atoms with E-state index in [1.54, 1.807) is 0 Å². The number of nitrogens with zero attached hydrogens (tertiary/aromatic N) is 3. The molecule has 0 bridgehead atoms. The molecule has 2 heterocycles. The highest BCUT2D eigenvalue weighted by molar-refractivity contribution is 6.02. The standard InChI is InChI=1S/C34H29N3/c1-22-26(32-17-20-36-34(37-32)24-15-18-35-19-16-24)13-14-30-28-12-11-25(23-7-3-2-4-8-23)21-31(28)27-9-5-6-10-29(27)33(22)30/h2-10,13-15,17-22,24,26H,11-12,16H2,1H3. The van der Waals surface area contributed by atoms with Crippen LogP contribution in [0.15, 0.2) is 90.2 Å². The molecule has 0 saturated carbocycles. The van der Waals surface area contributed by atoms with Crippen LogP contribution < -0.4 is 0 Å². The number of hydrogen-bond acceptors (Lipinski definition) is 3. The van der Waals surface area contributed by atoms with Crippen molar-refractivity contribution in [2.45, 2.75) is 43.9 Å². The third-order valence-corrected chi connectivity index (χ3v) is 8.26. The van der Waals surface area contributed by atoms with Gasteiger partial charge in [-0.05, 0) is 75.4 Å². The van der Waals surface area contributed by atoms with Gasteiger partial charge < -0.3 is 0 Å². The Kier molecular flexibility index (Phi) is 5.43. The third-order valence-electron chi connectivity index (χ3n) is 8.26. The number of fused-ring (bicyclic) bond motifs is 6. The molecule has 3 nitrogen and oxygen atoms in total. The lowest BCUT2D eigenvalue weighted by Crippen LogP contribution is -2.17. The number of aliphatic imine (C=N–C) groups is 1. The second-order valence-electron chi connectivity index (χ2n) is 10.3. The van der Waals surface area contributed by atoms with Gasteiger partial charge in [0.2, 0.25) is 0 Å². The molecule has 180 valence electrons. The summed E-state index contributed by atoms with van der Waals surface area (Å²) < 4.78 is 0. The van der Waals surface area contributed by atoms with Gasteiger partial charge in [0.15, 0.2) is 0 Å². The smallest absolute Gasteiger partial charge is 0.135 e. The van der Waals surface area contributed by atoms with Gasteiger partial charge in [-0.3, -0.25) is 4.99 Å². The first-order valence-corrected chi connectivity index (χ1v) is 13.3. The highest BCUT2D eigenvalue weighted by atomic mass is 14.9. The predicted octanol–water partition coefficient (Wildman–Crippen LogP) is 8.10. The zero-order chi connectivity index (χ0) is 24.8. The van der Waals surface area contributed by atoms with Gasteiger partial charge in [0.25, 0.3) is 0 Å². The third kappa shape index (κ3) is 3.77. The molecule has 3 unspecified atom stereocenters. The van der Waals surface area contributed by atoms with Crippen molar-refractivity contribution in [2.75, 3.05) is 0 Å². The molecule has 3 atom stereocenters. The second-order valence-corrected chi connectivity index (χ2v) is 10.3. The average Bonchev–Trinajstić information content (AvgIpc) is 2.98. The van der Waals surface area contributed by atoms with E-state index in [1.165, 1.54) is 44.2 Å². The Morgan fingerprint density at radius 2 is 1.68 bits per heavy atom. The molecule has 0 radical (unpaired) electrons. The summed E-state index contributed by atoms with van der Waals surface area (Å²) >= 11 is 0. The van der Waals surface area contributed by atoms with Crippen molar-refractivity contribution in [2.24, 2.45) is 4.99 Å². The number of benzene rings is 3. The lowest BCUT2D eigenvalue weighted by atomic mass is 9.72. The van der Waals surface area contributed by atoms with E-state index in [0.717, 1.165) is 30.8 Å². The highest BCUT2D eigenvalue weighted by Gasteiger charge is 2.31. The number of aromatic nitrogens is 2. The maximum atomic E-state index is 5.07. The number of hydrogen-bond donors (Lipinski definition) is 0. The van der Waals surface area contributed by atoms with Crippen LogP contribution in [0.1, 0.15) is 76.9 Å². The Morgan fingerprint density at radius 3 is 2.51 bits per heavy atom.